The fourth-order valence-corrected chi connectivity index (χ4v) is 3.35. The summed E-state index contributed by atoms with van der Waals surface area (Å²) < 4.78 is 5.82. The van der Waals surface area contributed by atoms with E-state index < -0.39 is 0 Å². The number of aliphatic hydroxyl groups is 1. The summed E-state index contributed by atoms with van der Waals surface area (Å²) in [7, 11) is 0. The molecular formula is C14H24N2O2S. The molecule has 2 rings (SSSR count). The van der Waals surface area contributed by atoms with E-state index in [-0.39, 0.29) is 18.3 Å². The molecule has 19 heavy (non-hydrogen) atoms. The van der Waals surface area contributed by atoms with Crippen LogP contribution in [0.3, 0.4) is 0 Å². The third kappa shape index (κ3) is 3.99. The van der Waals surface area contributed by atoms with Gasteiger partial charge in [-0.1, -0.05) is 13.8 Å². The van der Waals surface area contributed by atoms with Crippen molar-refractivity contribution in [1.82, 2.24) is 9.88 Å². The van der Waals surface area contributed by atoms with Crippen molar-refractivity contribution < 1.29 is 9.84 Å². The lowest BCUT2D eigenvalue weighted by Crippen LogP contribution is -2.53. The second kappa shape index (κ2) is 5.87. The summed E-state index contributed by atoms with van der Waals surface area (Å²) in [5.74, 6) is 0.491. The molecule has 1 unspecified atom stereocenters. The van der Waals surface area contributed by atoms with E-state index in [4.69, 9.17) is 4.74 Å². The average molecular weight is 284 g/mol. The van der Waals surface area contributed by atoms with Crippen molar-refractivity contribution in [2.45, 2.75) is 51.9 Å². The SMILES string of the molecule is CC(C)c1nc(CN2CC(CO)OC(C)(C)C2)cs1. The number of hydrogen-bond acceptors (Lipinski definition) is 5. The van der Waals surface area contributed by atoms with Crippen LogP contribution in [-0.2, 0) is 11.3 Å². The maximum absolute atomic E-state index is 9.32. The highest BCUT2D eigenvalue weighted by molar-refractivity contribution is 7.09. The van der Waals surface area contributed by atoms with Gasteiger partial charge in [-0.05, 0) is 13.8 Å². The Morgan fingerprint density at radius 3 is 2.89 bits per heavy atom. The summed E-state index contributed by atoms with van der Waals surface area (Å²) in [6.07, 6.45) is -0.0908. The molecule has 1 atom stereocenters. The Bertz CT molecular complexity index is 417. The highest BCUT2D eigenvalue weighted by atomic mass is 32.1. The van der Waals surface area contributed by atoms with E-state index in [2.05, 4.69) is 43.0 Å². The van der Waals surface area contributed by atoms with E-state index in [1.165, 1.54) is 5.01 Å². The first-order chi connectivity index (χ1) is 8.89. The molecule has 1 fully saturated rings. The molecule has 1 aromatic rings. The van der Waals surface area contributed by atoms with Crippen LogP contribution < -0.4 is 0 Å². The Hall–Kier alpha value is -0.490. The monoisotopic (exact) mass is 284 g/mol. The van der Waals surface area contributed by atoms with Crippen LogP contribution in [0.2, 0.25) is 0 Å². The van der Waals surface area contributed by atoms with E-state index in [0.717, 1.165) is 25.3 Å². The molecular weight excluding hydrogens is 260 g/mol. The minimum absolute atomic E-state index is 0.0776. The first-order valence-electron chi connectivity index (χ1n) is 6.85. The van der Waals surface area contributed by atoms with Gasteiger partial charge in [0.1, 0.15) is 0 Å². The molecule has 1 saturated heterocycles. The zero-order valence-corrected chi connectivity index (χ0v) is 13.0. The molecule has 0 aliphatic carbocycles. The van der Waals surface area contributed by atoms with Crippen LogP contribution in [-0.4, -0.2) is 46.4 Å². The number of aliphatic hydroxyl groups excluding tert-OH is 1. The molecule has 0 radical (unpaired) electrons. The number of ether oxygens (including phenoxy) is 1. The standard InChI is InChI=1S/C14H24N2O2S/c1-10(2)13-15-11(8-19-13)5-16-6-12(7-17)18-14(3,4)9-16/h8,10,12,17H,5-7,9H2,1-4H3. The lowest BCUT2D eigenvalue weighted by Gasteiger charge is -2.42. The van der Waals surface area contributed by atoms with E-state index in [1.54, 1.807) is 11.3 Å². The molecule has 0 aromatic carbocycles. The van der Waals surface area contributed by atoms with Gasteiger partial charge in [-0.2, -0.15) is 0 Å². The molecule has 0 bridgehead atoms. The molecule has 1 aliphatic heterocycles. The van der Waals surface area contributed by atoms with Crippen LogP contribution in [0.4, 0.5) is 0 Å². The number of aromatic nitrogens is 1. The Balaban J connectivity index is 2.00. The van der Waals surface area contributed by atoms with Crippen LogP contribution in [0.5, 0.6) is 0 Å². The summed E-state index contributed by atoms with van der Waals surface area (Å²) >= 11 is 1.73. The molecule has 108 valence electrons. The minimum Gasteiger partial charge on any atom is -0.394 e. The quantitative estimate of drug-likeness (QED) is 0.921. The predicted molar refractivity (Wildman–Crippen MR) is 77.5 cm³/mol. The Labute approximate surface area is 119 Å². The van der Waals surface area contributed by atoms with Crippen molar-refractivity contribution in [3.63, 3.8) is 0 Å². The zero-order chi connectivity index (χ0) is 14.0. The van der Waals surface area contributed by atoms with Gasteiger partial charge in [-0.25, -0.2) is 4.98 Å². The van der Waals surface area contributed by atoms with Gasteiger partial charge in [0.2, 0.25) is 0 Å². The predicted octanol–water partition coefficient (Wildman–Crippen LogP) is 2.24. The largest absolute Gasteiger partial charge is 0.394 e. The van der Waals surface area contributed by atoms with E-state index in [9.17, 15) is 5.11 Å². The first-order valence-corrected chi connectivity index (χ1v) is 7.73. The van der Waals surface area contributed by atoms with Crippen LogP contribution >= 0.6 is 11.3 Å². The maximum Gasteiger partial charge on any atom is 0.0954 e. The van der Waals surface area contributed by atoms with Crippen molar-refractivity contribution in [3.05, 3.63) is 16.1 Å². The van der Waals surface area contributed by atoms with Gasteiger partial charge in [0, 0.05) is 30.9 Å². The van der Waals surface area contributed by atoms with Crippen molar-refractivity contribution >= 4 is 11.3 Å². The van der Waals surface area contributed by atoms with Crippen LogP contribution in [0, 0.1) is 0 Å². The molecule has 0 amide bonds. The third-order valence-corrected chi connectivity index (χ3v) is 4.40. The summed E-state index contributed by atoms with van der Waals surface area (Å²) in [6.45, 7) is 11.0. The van der Waals surface area contributed by atoms with E-state index in [0.29, 0.717) is 5.92 Å². The van der Waals surface area contributed by atoms with Crippen molar-refractivity contribution in [1.29, 1.82) is 0 Å². The van der Waals surface area contributed by atoms with Gasteiger partial charge in [-0.15, -0.1) is 11.3 Å². The topological polar surface area (TPSA) is 45.6 Å². The van der Waals surface area contributed by atoms with E-state index in [1.807, 2.05) is 0 Å². The van der Waals surface area contributed by atoms with Gasteiger partial charge in [0.05, 0.1) is 29.0 Å². The van der Waals surface area contributed by atoms with Gasteiger partial charge in [0.15, 0.2) is 0 Å². The van der Waals surface area contributed by atoms with Gasteiger partial charge >= 0.3 is 0 Å². The van der Waals surface area contributed by atoms with Crippen LogP contribution in [0.15, 0.2) is 5.38 Å². The summed E-state index contributed by atoms with van der Waals surface area (Å²) in [5.41, 5.74) is 0.922. The fraction of sp³-hybridized carbons (Fsp3) is 0.786. The Morgan fingerprint density at radius 1 is 1.58 bits per heavy atom. The molecule has 5 heteroatoms. The second-order valence-corrected chi connectivity index (χ2v) is 7.07. The van der Waals surface area contributed by atoms with Crippen LogP contribution in [0.25, 0.3) is 0 Å². The second-order valence-electron chi connectivity index (χ2n) is 6.18. The van der Waals surface area contributed by atoms with Crippen molar-refractivity contribution in [3.8, 4) is 0 Å². The smallest absolute Gasteiger partial charge is 0.0954 e. The fourth-order valence-electron chi connectivity index (χ4n) is 2.52. The van der Waals surface area contributed by atoms with E-state index >= 15 is 0 Å². The van der Waals surface area contributed by atoms with Gasteiger partial charge < -0.3 is 9.84 Å². The number of morpholine rings is 1. The first kappa shape index (κ1) is 14.9. The maximum atomic E-state index is 9.32. The van der Waals surface area contributed by atoms with Gasteiger partial charge in [0.25, 0.3) is 0 Å². The molecule has 0 spiro atoms. The average Bonchev–Trinajstić information content (AvgIpc) is 2.75. The third-order valence-electron chi connectivity index (χ3n) is 3.20. The van der Waals surface area contributed by atoms with Crippen LogP contribution in [0.1, 0.15) is 44.3 Å². The number of nitrogens with zero attached hydrogens (tertiary/aromatic N) is 2. The molecule has 2 heterocycles. The zero-order valence-electron chi connectivity index (χ0n) is 12.2. The summed E-state index contributed by atoms with van der Waals surface area (Å²) in [5, 5.41) is 12.7. The lowest BCUT2D eigenvalue weighted by atomic mass is 10.1. The van der Waals surface area contributed by atoms with Gasteiger partial charge in [-0.3, -0.25) is 4.90 Å². The van der Waals surface area contributed by atoms with Crippen molar-refractivity contribution in [2.75, 3.05) is 19.7 Å². The minimum atomic E-state index is -0.206. The Kier molecular flexibility index (Phi) is 4.61. The van der Waals surface area contributed by atoms with Crippen molar-refractivity contribution in [2.24, 2.45) is 0 Å². The highest BCUT2D eigenvalue weighted by Gasteiger charge is 2.33. The molecule has 1 aromatic heterocycles. The molecule has 1 N–H and O–H groups in total. The summed E-state index contributed by atoms with van der Waals surface area (Å²) in [6, 6.07) is 0. The normalized spacial score (nSPS) is 24.0. The molecule has 1 aliphatic rings. The number of thiazole rings is 1. The number of rotatable bonds is 4. The number of hydrogen-bond donors (Lipinski definition) is 1. The molecule has 0 saturated carbocycles. The summed E-state index contributed by atoms with van der Waals surface area (Å²) in [4.78, 5) is 7.00. The highest BCUT2D eigenvalue weighted by Crippen LogP contribution is 2.24. The lowest BCUT2D eigenvalue weighted by molar-refractivity contribution is -0.150. The Morgan fingerprint density at radius 2 is 2.32 bits per heavy atom. The molecule has 4 nitrogen and oxygen atoms in total.